The van der Waals surface area contributed by atoms with E-state index in [1.54, 1.807) is 0 Å². The zero-order valence-corrected chi connectivity index (χ0v) is 8.71. The smallest absolute Gasteiger partial charge is 0.281 e. The molecule has 0 atom stereocenters. The molecule has 1 rings (SSSR count). The molecule has 1 amide bonds. The summed E-state index contributed by atoms with van der Waals surface area (Å²) in [6.07, 6.45) is 2.07. The van der Waals surface area contributed by atoms with Gasteiger partial charge in [-0.15, -0.1) is 0 Å². The third kappa shape index (κ3) is 1.96. The zero-order valence-electron chi connectivity index (χ0n) is 8.71. The molecule has 1 heterocycles. The number of carbonyl (C=O) groups is 1. The first-order valence-electron chi connectivity index (χ1n) is 4.93. The quantitative estimate of drug-likeness (QED) is 0.429. The molecule has 0 aliphatic heterocycles. The summed E-state index contributed by atoms with van der Waals surface area (Å²) in [6, 6.07) is 3.80. The number of nitrogens with two attached hydrogens (primary N) is 1. The summed E-state index contributed by atoms with van der Waals surface area (Å²) in [5, 5.41) is 0. The highest BCUT2D eigenvalue weighted by molar-refractivity contribution is 5.92. The van der Waals surface area contributed by atoms with Crippen LogP contribution in [-0.2, 0) is 13.0 Å². The summed E-state index contributed by atoms with van der Waals surface area (Å²) in [6.45, 7) is 4.94. The van der Waals surface area contributed by atoms with Crippen LogP contribution in [0.5, 0.6) is 0 Å². The highest BCUT2D eigenvalue weighted by Gasteiger charge is 2.11. The van der Waals surface area contributed by atoms with E-state index < -0.39 is 0 Å². The minimum Gasteiger partial charge on any atom is -0.341 e. The van der Waals surface area contributed by atoms with Gasteiger partial charge in [0.2, 0.25) is 0 Å². The normalized spacial score (nSPS) is 10.2. The van der Waals surface area contributed by atoms with E-state index in [-0.39, 0.29) is 5.91 Å². The maximum Gasteiger partial charge on any atom is 0.281 e. The molecule has 4 nitrogen and oxygen atoms in total. The van der Waals surface area contributed by atoms with Crippen LogP contribution < -0.4 is 11.3 Å². The van der Waals surface area contributed by atoms with Gasteiger partial charge < -0.3 is 4.57 Å². The minimum atomic E-state index is -0.228. The lowest BCUT2D eigenvalue weighted by molar-refractivity contribution is 0.0944. The molecule has 4 heteroatoms. The van der Waals surface area contributed by atoms with Gasteiger partial charge in [-0.1, -0.05) is 13.3 Å². The second kappa shape index (κ2) is 4.81. The van der Waals surface area contributed by atoms with Gasteiger partial charge in [-0.2, -0.15) is 0 Å². The standard InChI is InChI=1S/C10H17N3O/c1-3-5-8-6-7-9(10(14)12-11)13(8)4-2/h6-7H,3-5,11H2,1-2H3,(H,12,14). The van der Waals surface area contributed by atoms with Crippen LogP contribution in [0.2, 0.25) is 0 Å². The van der Waals surface area contributed by atoms with Crippen LogP contribution in [0.15, 0.2) is 12.1 Å². The second-order valence-corrected chi connectivity index (χ2v) is 3.18. The maximum atomic E-state index is 11.4. The second-order valence-electron chi connectivity index (χ2n) is 3.18. The van der Waals surface area contributed by atoms with E-state index in [0.717, 1.165) is 19.4 Å². The minimum absolute atomic E-state index is 0.228. The number of carbonyl (C=O) groups excluding carboxylic acids is 1. The Morgan fingerprint density at radius 2 is 2.21 bits per heavy atom. The van der Waals surface area contributed by atoms with Crippen molar-refractivity contribution in [1.29, 1.82) is 0 Å². The zero-order chi connectivity index (χ0) is 10.6. The third-order valence-electron chi connectivity index (χ3n) is 2.26. The van der Waals surface area contributed by atoms with Crippen molar-refractivity contribution in [3.8, 4) is 0 Å². The summed E-state index contributed by atoms with van der Waals surface area (Å²) in [7, 11) is 0. The molecule has 0 bridgehead atoms. The molecule has 0 unspecified atom stereocenters. The Bertz CT molecular complexity index is 317. The maximum absolute atomic E-state index is 11.4. The monoisotopic (exact) mass is 195 g/mol. The SMILES string of the molecule is CCCc1ccc(C(=O)NN)n1CC. The molecule has 0 spiro atoms. The van der Waals surface area contributed by atoms with Gasteiger partial charge in [-0.05, 0) is 25.5 Å². The van der Waals surface area contributed by atoms with Gasteiger partial charge in [0.25, 0.3) is 5.91 Å². The van der Waals surface area contributed by atoms with Crippen molar-refractivity contribution in [2.24, 2.45) is 5.84 Å². The molecule has 0 fully saturated rings. The number of hydrogen-bond donors (Lipinski definition) is 2. The number of nitrogens with one attached hydrogen (secondary N) is 1. The van der Waals surface area contributed by atoms with Gasteiger partial charge in [0.1, 0.15) is 5.69 Å². The van der Waals surface area contributed by atoms with E-state index in [1.807, 2.05) is 23.6 Å². The number of nitrogen functional groups attached to an aromatic ring is 1. The fourth-order valence-corrected chi connectivity index (χ4v) is 1.63. The van der Waals surface area contributed by atoms with Crippen molar-refractivity contribution in [3.05, 3.63) is 23.5 Å². The Kier molecular flexibility index (Phi) is 3.71. The van der Waals surface area contributed by atoms with Crippen molar-refractivity contribution < 1.29 is 4.79 Å². The van der Waals surface area contributed by atoms with Gasteiger partial charge >= 0.3 is 0 Å². The summed E-state index contributed by atoms with van der Waals surface area (Å²) >= 11 is 0. The van der Waals surface area contributed by atoms with Crippen LogP contribution in [0.4, 0.5) is 0 Å². The molecule has 14 heavy (non-hydrogen) atoms. The predicted octanol–water partition coefficient (Wildman–Crippen LogP) is 1.06. The first-order chi connectivity index (χ1) is 6.74. The highest BCUT2D eigenvalue weighted by Crippen LogP contribution is 2.11. The molecule has 1 aromatic heterocycles. The van der Waals surface area contributed by atoms with E-state index in [2.05, 4.69) is 12.3 Å². The van der Waals surface area contributed by atoms with E-state index in [4.69, 9.17) is 5.84 Å². The van der Waals surface area contributed by atoms with Crippen LogP contribution in [0.25, 0.3) is 0 Å². The van der Waals surface area contributed by atoms with Gasteiger partial charge in [0.15, 0.2) is 0 Å². The Balaban J connectivity index is 3.00. The third-order valence-corrected chi connectivity index (χ3v) is 2.26. The molecule has 1 aromatic rings. The molecule has 3 N–H and O–H groups in total. The largest absolute Gasteiger partial charge is 0.341 e. The molecule has 0 radical (unpaired) electrons. The summed E-state index contributed by atoms with van der Waals surface area (Å²) < 4.78 is 1.99. The Labute approximate surface area is 84.1 Å². The molecular weight excluding hydrogens is 178 g/mol. The van der Waals surface area contributed by atoms with E-state index in [9.17, 15) is 4.79 Å². The summed E-state index contributed by atoms with van der Waals surface area (Å²) in [5.41, 5.74) is 3.98. The predicted molar refractivity (Wildman–Crippen MR) is 55.8 cm³/mol. The fraction of sp³-hybridized carbons (Fsp3) is 0.500. The first-order valence-corrected chi connectivity index (χ1v) is 4.93. The molecule has 0 saturated carbocycles. The number of aryl methyl sites for hydroxylation is 1. The Morgan fingerprint density at radius 3 is 2.71 bits per heavy atom. The van der Waals surface area contributed by atoms with Crippen LogP contribution in [0, 0.1) is 0 Å². The van der Waals surface area contributed by atoms with E-state index in [1.165, 1.54) is 5.69 Å². The molecule has 0 saturated heterocycles. The van der Waals surface area contributed by atoms with Crippen molar-refractivity contribution >= 4 is 5.91 Å². The van der Waals surface area contributed by atoms with Gasteiger partial charge in [-0.25, -0.2) is 5.84 Å². The Morgan fingerprint density at radius 1 is 1.50 bits per heavy atom. The van der Waals surface area contributed by atoms with Crippen LogP contribution in [-0.4, -0.2) is 10.5 Å². The first kappa shape index (κ1) is 10.8. The average molecular weight is 195 g/mol. The van der Waals surface area contributed by atoms with E-state index >= 15 is 0 Å². The highest BCUT2D eigenvalue weighted by atomic mass is 16.2. The van der Waals surface area contributed by atoms with E-state index in [0.29, 0.717) is 5.69 Å². The topological polar surface area (TPSA) is 60.1 Å². The van der Waals surface area contributed by atoms with Crippen LogP contribution in [0.1, 0.15) is 36.5 Å². The summed E-state index contributed by atoms with van der Waals surface area (Å²) in [4.78, 5) is 11.4. The lowest BCUT2D eigenvalue weighted by atomic mass is 10.2. The number of amides is 1. The molecule has 0 aliphatic carbocycles. The number of hydrogen-bond acceptors (Lipinski definition) is 2. The van der Waals surface area contributed by atoms with Crippen molar-refractivity contribution in [2.45, 2.75) is 33.2 Å². The van der Waals surface area contributed by atoms with Crippen LogP contribution in [0.3, 0.4) is 0 Å². The number of hydrazine groups is 1. The lowest BCUT2D eigenvalue weighted by Crippen LogP contribution is -2.31. The fourth-order valence-electron chi connectivity index (χ4n) is 1.63. The molecular formula is C10H17N3O. The number of rotatable bonds is 4. The van der Waals surface area contributed by atoms with Gasteiger partial charge in [0, 0.05) is 12.2 Å². The van der Waals surface area contributed by atoms with Crippen molar-refractivity contribution in [2.75, 3.05) is 0 Å². The van der Waals surface area contributed by atoms with Gasteiger partial charge in [0.05, 0.1) is 0 Å². The number of aromatic nitrogens is 1. The average Bonchev–Trinajstić information content (AvgIpc) is 2.60. The van der Waals surface area contributed by atoms with Crippen molar-refractivity contribution in [1.82, 2.24) is 9.99 Å². The van der Waals surface area contributed by atoms with Crippen LogP contribution >= 0.6 is 0 Å². The lowest BCUT2D eigenvalue weighted by Gasteiger charge is -2.09. The molecule has 78 valence electrons. The van der Waals surface area contributed by atoms with Gasteiger partial charge in [-0.3, -0.25) is 10.2 Å². The molecule has 0 aromatic carbocycles. The number of nitrogens with zero attached hydrogens (tertiary/aromatic N) is 1. The Hall–Kier alpha value is -1.29. The van der Waals surface area contributed by atoms with Crippen molar-refractivity contribution in [3.63, 3.8) is 0 Å². The molecule has 0 aliphatic rings. The summed E-state index contributed by atoms with van der Waals surface area (Å²) in [5.74, 6) is 4.87.